The van der Waals surface area contributed by atoms with E-state index in [1.165, 1.54) is 32.4 Å². The van der Waals surface area contributed by atoms with Crippen molar-refractivity contribution >= 4 is 0 Å². The molecule has 1 aliphatic rings. The van der Waals surface area contributed by atoms with Crippen LogP contribution in [0.3, 0.4) is 0 Å². The molecule has 0 aliphatic carbocycles. The van der Waals surface area contributed by atoms with Crippen LogP contribution in [-0.2, 0) is 4.74 Å². The molecule has 0 amide bonds. The molecule has 1 heterocycles. The molecule has 1 N–H and O–H groups in total. The van der Waals surface area contributed by atoms with Gasteiger partial charge in [-0.3, -0.25) is 4.90 Å². The Morgan fingerprint density at radius 1 is 1.35 bits per heavy atom. The lowest BCUT2D eigenvalue weighted by Gasteiger charge is -2.22. The van der Waals surface area contributed by atoms with E-state index in [-0.39, 0.29) is 0 Å². The van der Waals surface area contributed by atoms with Gasteiger partial charge in [0.1, 0.15) is 0 Å². The Morgan fingerprint density at radius 3 is 2.88 bits per heavy atom. The molecule has 0 aromatic heterocycles. The highest BCUT2D eigenvalue weighted by atomic mass is 16.5. The number of hydrogen-bond donors (Lipinski definition) is 1. The summed E-state index contributed by atoms with van der Waals surface area (Å²) < 4.78 is 5.59. The van der Waals surface area contributed by atoms with E-state index in [0.29, 0.717) is 0 Å². The van der Waals surface area contributed by atoms with E-state index >= 15 is 0 Å². The summed E-state index contributed by atoms with van der Waals surface area (Å²) in [7, 11) is 0. The summed E-state index contributed by atoms with van der Waals surface area (Å²) in [5.74, 6) is 0.750. The third kappa shape index (κ3) is 6.39. The first kappa shape index (κ1) is 14.9. The number of nitrogens with zero attached hydrogens (tertiary/aromatic N) is 1. The van der Waals surface area contributed by atoms with E-state index in [9.17, 15) is 0 Å². The van der Waals surface area contributed by atoms with E-state index in [1.54, 1.807) is 0 Å². The van der Waals surface area contributed by atoms with Gasteiger partial charge in [-0.25, -0.2) is 0 Å². The minimum Gasteiger partial charge on any atom is -0.380 e. The van der Waals surface area contributed by atoms with Crippen LogP contribution in [-0.4, -0.2) is 50.3 Å². The van der Waals surface area contributed by atoms with Crippen LogP contribution in [0.25, 0.3) is 0 Å². The maximum absolute atomic E-state index is 5.59. The number of nitrogens with one attached hydrogen (secondary N) is 1. The smallest absolute Gasteiger partial charge is 0.0590 e. The summed E-state index contributed by atoms with van der Waals surface area (Å²) in [4.78, 5) is 2.58. The summed E-state index contributed by atoms with van der Waals surface area (Å²) in [5, 5.41) is 3.51. The van der Waals surface area contributed by atoms with Crippen molar-refractivity contribution in [2.24, 2.45) is 5.92 Å². The Kier molecular flexibility index (Phi) is 7.82. The number of rotatable bonds is 9. The second-order valence-electron chi connectivity index (χ2n) is 5.42. The second-order valence-corrected chi connectivity index (χ2v) is 5.42. The van der Waals surface area contributed by atoms with Gasteiger partial charge in [0.15, 0.2) is 0 Å². The van der Waals surface area contributed by atoms with Crippen LogP contribution in [0.4, 0.5) is 0 Å². The quantitative estimate of drug-likeness (QED) is 0.627. The van der Waals surface area contributed by atoms with Gasteiger partial charge in [-0.1, -0.05) is 20.8 Å². The van der Waals surface area contributed by atoms with Crippen LogP contribution in [0.5, 0.6) is 0 Å². The molecule has 0 bridgehead atoms. The Balaban J connectivity index is 1.90. The molecule has 0 saturated carbocycles. The molecule has 0 aromatic carbocycles. The first-order chi connectivity index (χ1) is 8.24. The molecule has 0 aromatic rings. The van der Waals surface area contributed by atoms with E-state index in [4.69, 9.17) is 4.74 Å². The van der Waals surface area contributed by atoms with Crippen molar-refractivity contribution < 1.29 is 4.74 Å². The topological polar surface area (TPSA) is 24.5 Å². The fraction of sp³-hybridized carbons (Fsp3) is 1.00. The van der Waals surface area contributed by atoms with Crippen molar-refractivity contribution in [3.8, 4) is 0 Å². The molecule has 3 nitrogen and oxygen atoms in total. The highest BCUT2D eigenvalue weighted by Crippen LogP contribution is 2.15. The maximum Gasteiger partial charge on any atom is 0.0590 e. The molecular weight excluding hydrogens is 212 g/mol. The average Bonchev–Trinajstić information content (AvgIpc) is 2.74. The van der Waals surface area contributed by atoms with E-state index in [1.807, 2.05) is 0 Å². The standard InChI is InChI=1S/C14H30N2O/c1-4-16-9-5-6-14(16)12-15-8-11-17-10-7-13(2)3/h13-15H,4-12H2,1-3H3. The van der Waals surface area contributed by atoms with Crippen LogP contribution in [0.15, 0.2) is 0 Å². The third-order valence-corrected chi connectivity index (χ3v) is 3.55. The Morgan fingerprint density at radius 2 is 2.18 bits per heavy atom. The maximum atomic E-state index is 5.59. The van der Waals surface area contributed by atoms with Gasteiger partial charge >= 0.3 is 0 Å². The summed E-state index contributed by atoms with van der Waals surface area (Å²) >= 11 is 0. The van der Waals surface area contributed by atoms with Gasteiger partial charge in [0.2, 0.25) is 0 Å². The molecule has 3 heteroatoms. The number of likely N-dealkylation sites (N-methyl/N-ethyl adjacent to an activating group) is 1. The first-order valence-corrected chi connectivity index (χ1v) is 7.26. The molecule has 1 aliphatic heterocycles. The van der Waals surface area contributed by atoms with E-state index in [0.717, 1.165) is 38.3 Å². The second kappa shape index (κ2) is 8.90. The van der Waals surface area contributed by atoms with Gasteiger partial charge in [-0.15, -0.1) is 0 Å². The molecule has 1 saturated heterocycles. The van der Waals surface area contributed by atoms with E-state index < -0.39 is 0 Å². The fourth-order valence-electron chi connectivity index (χ4n) is 2.38. The summed E-state index contributed by atoms with van der Waals surface area (Å²) in [6.45, 7) is 13.1. The average molecular weight is 242 g/mol. The highest BCUT2D eigenvalue weighted by Gasteiger charge is 2.21. The van der Waals surface area contributed by atoms with Crippen molar-refractivity contribution in [2.45, 2.75) is 46.1 Å². The van der Waals surface area contributed by atoms with Crippen molar-refractivity contribution in [1.29, 1.82) is 0 Å². The molecular formula is C14H30N2O. The molecule has 1 fully saturated rings. The highest BCUT2D eigenvalue weighted by molar-refractivity contribution is 4.79. The number of ether oxygens (including phenoxy) is 1. The Hall–Kier alpha value is -0.120. The number of hydrogen-bond acceptors (Lipinski definition) is 3. The summed E-state index contributed by atoms with van der Waals surface area (Å²) in [5.41, 5.74) is 0. The monoisotopic (exact) mass is 242 g/mol. The van der Waals surface area contributed by atoms with E-state index in [2.05, 4.69) is 31.0 Å². The van der Waals surface area contributed by atoms with Gasteiger partial charge in [0.25, 0.3) is 0 Å². The SMILES string of the molecule is CCN1CCCC1CNCCOCCC(C)C. The van der Waals surface area contributed by atoms with Crippen molar-refractivity contribution in [2.75, 3.05) is 39.4 Å². The van der Waals surface area contributed by atoms with Gasteiger partial charge in [0, 0.05) is 25.7 Å². The van der Waals surface area contributed by atoms with Crippen LogP contribution >= 0.6 is 0 Å². The Bertz CT molecular complexity index is 185. The normalized spacial score (nSPS) is 21.5. The van der Waals surface area contributed by atoms with Crippen LogP contribution in [0.2, 0.25) is 0 Å². The molecule has 17 heavy (non-hydrogen) atoms. The van der Waals surface area contributed by atoms with Gasteiger partial charge in [-0.05, 0) is 38.3 Å². The molecule has 0 radical (unpaired) electrons. The zero-order chi connectivity index (χ0) is 12.5. The van der Waals surface area contributed by atoms with Crippen molar-refractivity contribution in [3.05, 3.63) is 0 Å². The zero-order valence-electron chi connectivity index (χ0n) is 11.9. The van der Waals surface area contributed by atoms with Crippen molar-refractivity contribution in [3.63, 3.8) is 0 Å². The fourth-order valence-corrected chi connectivity index (χ4v) is 2.38. The molecule has 1 rings (SSSR count). The molecule has 0 spiro atoms. The minimum atomic E-state index is 0.750. The predicted octanol–water partition coefficient (Wildman–Crippen LogP) is 2.12. The lowest BCUT2D eigenvalue weighted by molar-refractivity contribution is 0.123. The lowest BCUT2D eigenvalue weighted by atomic mass is 10.1. The molecule has 1 unspecified atom stereocenters. The third-order valence-electron chi connectivity index (χ3n) is 3.55. The summed E-state index contributed by atoms with van der Waals surface area (Å²) in [6.07, 6.45) is 3.90. The molecule has 102 valence electrons. The zero-order valence-corrected chi connectivity index (χ0v) is 11.9. The van der Waals surface area contributed by atoms with Crippen molar-refractivity contribution in [1.82, 2.24) is 10.2 Å². The Labute approximate surface area is 107 Å². The lowest BCUT2D eigenvalue weighted by Crippen LogP contribution is -2.38. The van der Waals surface area contributed by atoms with Gasteiger partial charge in [-0.2, -0.15) is 0 Å². The molecule has 1 atom stereocenters. The van der Waals surface area contributed by atoms with Crippen LogP contribution in [0.1, 0.15) is 40.0 Å². The number of likely N-dealkylation sites (tertiary alicyclic amines) is 1. The van der Waals surface area contributed by atoms with Gasteiger partial charge < -0.3 is 10.1 Å². The first-order valence-electron chi connectivity index (χ1n) is 7.26. The largest absolute Gasteiger partial charge is 0.380 e. The predicted molar refractivity (Wildman–Crippen MR) is 73.4 cm³/mol. The van der Waals surface area contributed by atoms with Crippen LogP contribution in [0, 0.1) is 5.92 Å². The van der Waals surface area contributed by atoms with Gasteiger partial charge in [0.05, 0.1) is 6.61 Å². The van der Waals surface area contributed by atoms with Crippen LogP contribution < -0.4 is 5.32 Å². The summed E-state index contributed by atoms with van der Waals surface area (Å²) in [6, 6.07) is 0.760. The minimum absolute atomic E-state index is 0.750.